The Bertz CT molecular complexity index is 698. The number of aromatic nitrogens is 1. The molecule has 0 bridgehead atoms. The molecule has 5 nitrogen and oxygen atoms in total. The molecule has 0 spiro atoms. The number of aryl methyl sites for hydroxylation is 1. The van der Waals surface area contributed by atoms with Crippen molar-refractivity contribution in [1.29, 1.82) is 0 Å². The van der Waals surface area contributed by atoms with Crippen molar-refractivity contribution in [3.8, 4) is 5.88 Å². The first-order chi connectivity index (χ1) is 11.6. The second kappa shape index (κ2) is 8.82. The van der Waals surface area contributed by atoms with Crippen molar-refractivity contribution in [1.82, 2.24) is 4.98 Å². The van der Waals surface area contributed by atoms with Crippen molar-refractivity contribution in [3.63, 3.8) is 0 Å². The van der Waals surface area contributed by atoms with Gasteiger partial charge in [-0.3, -0.25) is 9.59 Å². The Kier molecular flexibility index (Phi) is 6.49. The van der Waals surface area contributed by atoms with Crippen LogP contribution in [0.3, 0.4) is 0 Å². The van der Waals surface area contributed by atoms with Gasteiger partial charge in [-0.05, 0) is 25.0 Å². The fourth-order valence-corrected chi connectivity index (χ4v) is 2.20. The van der Waals surface area contributed by atoms with Gasteiger partial charge in [-0.2, -0.15) is 0 Å². The van der Waals surface area contributed by atoms with Crippen LogP contribution in [0.4, 0.5) is 0 Å². The molecule has 0 saturated carbocycles. The predicted molar refractivity (Wildman–Crippen MR) is 90.0 cm³/mol. The third-order valence-electron chi connectivity index (χ3n) is 3.46. The molecule has 24 heavy (non-hydrogen) atoms. The van der Waals surface area contributed by atoms with Crippen molar-refractivity contribution in [2.45, 2.75) is 33.3 Å². The maximum Gasteiger partial charge on any atom is 0.313 e. The average molecular weight is 327 g/mol. The Morgan fingerprint density at radius 3 is 2.54 bits per heavy atom. The lowest BCUT2D eigenvalue weighted by atomic mass is 10.1. The molecule has 0 aliphatic carbocycles. The highest BCUT2D eigenvalue weighted by molar-refractivity contribution is 6.05. The van der Waals surface area contributed by atoms with Gasteiger partial charge in [0.2, 0.25) is 5.88 Å². The van der Waals surface area contributed by atoms with E-state index in [1.165, 1.54) is 6.20 Å². The van der Waals surface area contributed by atoms with Gasteiger partial charge in [0.05, 0.1) is 6.61 Å². The molecule has 0 unspecified atom stereocenters. The quantitative estimate of drug-likeness (QED) is 0.422. The summed E-state index contributed by atoms with van der Waals surface area (Å²) >= 11 is 0. The lowest BCUT2D eigenvalue weighted by Crippen LogP contribution is -2.12. The van der Waals surface area contributed by atoms with Gasteiger partial charge in [0.1, 0.15) is 13.0 Å². The lowest BCUT2D eigenvalue weighted by molar-refractivity contribution is -0.141. The number of Topliss-reactive ketones (excluding diaryl/α,β-unsaturated/α-hetero) is 1. The maximum absolute atomic E-state index is 12.1. The minimum Gasteiger partial charge on any atom is -0.473 e. The third kappa shape index (κ3) is 4.91. The smallest absolute Gasteiger partial charge is 0.313 e. The van der Waals surface area contributed by atoms with E-state index in [1.54, 1.807) is 13.0 Å². The number of benzene rings is 1. The summed E-state index contributed by atoms with van der Waals surface area (Å²) in [5.41, 5.74) is 2.27. The van der Waals surface area contributed by atoms with Crippen molar-refractivity contribution in [3.05, 3.63) is 59.3 Å². The van der Waals surface area contributed by atoms with Crippen molar-refractivity contribution < 1.29 is 19.1 Å². The summed E-state index contributed by atoms with van der Waals surface area (Å²) in [6, 6.07) is 11.5. The number of ether oxygens (including phenoxy) is 2. The number of carbonyl (C=O) groups excluding carboxylic acids is 2. The number of nitrogens with zero attached hydrogens (tertiary/aromatic N) is 1. The maximum atomic E-state index is 12.1. The number of hydrogen-bond acceptors (Lipinski definition) is 5. The minimum atomic E-state index is -0.523. The van der Waals surface area contributed by atoms with Gasteiger partial charge in [0.15, 0.2) is 5.78 Å². The van der Waals surface area contributed by atoms with Gasteiger partial charge < -0.3 is 9.47 Å². The molecular weight excluding hydrogens is 306 g/mol. The number of rotatable bonds is 8. The van der Waals surface area contributed by atoms with Crippen LogP contribution in [0.25, 0.3) is 0 Å². The summed E-state index contributed by atoms with van der Waals surface area (Å²) in [5, 5.41) is 0. The second-order valence-electron chi connectivity index (χ2n) is 5.22. The molecule has 1 aromatic carbocycles. The average Bonchev–Trinajstić information content (AvgIpc) is 2.60. The van der Waals surface area contributed by atoms with E-state index >= 15 is 0 Å². The van der Waals surface area contributed by atoms with E-state index in [9.17, 15) is 9.59 Å². The lowest BCUT2D eigenvalue weighted by Gasteiger charge is -2.11. The fourth-order valence-electron chi connectivity index (χ4n) is 2.20. The van der Waals surface area contributed by atoms with Crippen LogP contribution in [0.2, 0.25) is 0 Å². The molecule has 5 heteroatoms. The SMILES string of the molecule is CCOC(=O)CC(=O)c1cnc(OCc2ccccc2)c(CC)c1. The molecule has 0 amide bonds. The van der Waals surface area contributed by atoms with Crippen molar-refractivity contribution in [2.24, 2.45) is 0 Å². The number of pyridine rings is 1. The Labute approximate surface area is 141 Å². The number of carbonyl (C=O) groups is 2. The standard InChI is InChI=1S/C19H21NO4/c1-3-15-10-16(17(21)11-18(22)23-4-2)12-20-19(15)24-13-14-8-6-5-7-9-14/h5-10,12H,3-4,11,13H2,1-2H3. The molecule has 1 aromatic heterocycles. The van der Waals surface area contributed by atoms with Gasteiger partial charge in [-0.1, -0.05) is 37.3 Å². The highest BCUT2D eigenvalue weighted by Gasteiger charge is 2.15. The summed E-state index contributed by atoms with van der Waals surface area (Å²) in [5.74, 6) is -0.316. The molecule has 0 saturated heterocycles. The fraction of sp³-hybridized carbons (Fsp3) is 0.316. The highest BCUT2D eigenvalue weighted by Crippen LogP contribution is 2.19. The topological polar surface area (TPSA) is 65.5 Å². The molecule has 2 aromatic rings. The molecular formula is C19H21NO4. The summed E-state index contributed by atoms with van der Waals surface area (Å²) in [4.78, 5) is 27.8. The molecule has 0 aliphatic heterocycles. The van der Waals surface area contributed by atoms with Crippen LogP contribution in [0.15, 0.2) is 42.6 Å². The normalized spacial score (nSPS) is 10.2. The highest BCUT2D eigenvalue weighted by atomic mass is 16.5. The first kappa shape index (κ1) is 17.7. The van der Waals surface area contributed by atoms with E-state index in [4.69, 9.17) is 9.47 Å². The zero-order valence-corrected chi connectivity index (χ0v) is 14.0. The Hall–Kier alpha value is -2.69. The van der Waals surface area contributed by atoms with Gasteiger partial charge >= 0.3 is 5.97 Å². The largest absolute Gasteiger partial charge is 0.473 e. The van der Waals surface area contributed by atoms with Crippen molar-refractivity contribution in [2.75, 3.05) is 6.61 Å². The minimum absolute atomic E-state index is 0.261. The molecule has 0 fully saturated rings. The molecule has 0 radical (unpaired) electrons. The molecule has 0 atom stereocenters. The van der Waals surface area contributed by atoms with Crippen LogP contribution >= 0.6 is 0 Å². The van der Waals surface area contributed by atoms with Crippen LogP contribution in [0, 0.1) is 0 Å². The summed E-state index contributed by atoms with van der Waals surface area (Å²) < 4.78 is 10.6. The van der Waals surface area contributed by atoms with Crippen LogP contribution in [-0.2, 0) is 22.6 Å². The van der Waals surface area contributed by atoms with Crippen molar-refractivity contribution >= 4 is 11.8 Å². The predicted octanol–water partition coefficient (Wildman–Crippen LogP) is 3.36. The third-order valence-corrected chi connectivity index (χ3v) is 3.46. The van der Waals surface area contributed by atoms with Crippen LogP contribution in [0.5, 0.6) is 5.88 Å². The molecule has 126 valence electrons. The number of esters is 1. The number of hydrogen-bond donors (Lipinski definition) is 0. The second-order valence-corrected chi connectivity index (χ2v) is 5.22. The van der Waals surface area contributed by atoms with E-state index in [2.05, 4.69) is 4.98 Å². The van der Waals surface area contributed by atoms with E-state index in [1.807, 2.05) is 37.3 Å². The van der Waals surface area contributed by atoms with Gasteiger partial charge in [0, 0.05) is 17.3 Å². The Morgan fingerprint density at radius 2 is 1.88 bits per heavy atom. The van der Waals surface area contributed by atoms with Crippen LogP contribution in [-0.4, -0.2) is 23.3 Å². The van der Waals surface area contributed by atoms with E-state index in [0.717, 1.165) is 11.1 Å². The Balaban J connectivity index is 2.06. The summed E-state index contributed by atoms with van der Waals surface area (Å²) in [7, 11) is 0. The monoisotopic (exact) mass is 327 g/mol. The van der Waals surface area contributed by atoms with Crippen LogP contribution < -0.4 is 4.74 Å². The summed E-state index contributed by atoms with van der Waals surface area (Å²) in [6.45, 7) is 4.35. The Morgan fingerprint density at radius 1 is 1.12 bits per heavy atom. The number of ketones is 1. The molecule has 0 aliphatic rings. The molecule has 0 N–H and O–H groups in total. The molecule has 2 rings (SSSR count). The molecule has 1 heterocycles. The van der Waals surface area contributed by atoms with Gasteiger partial charge in [-0.25, -0.2) is 4.98 Å². The first-order valence-corrected chi connectivity index (χ1v) is 7.98. The van der Waals surface area contributed by atoms with Crippen LogP contribution in [0.1, 0.15) is 41.8 Å². The summed E-state index contributed by atoms with van der Waals surface area (Å²) in [6.07, 6.45) is 1.85. The van der Waals surface area contributed by atoms with E-state index in [0.29, 0.717) is 24.5 Å². The van der Waals surface area contributed by atoms with E-state index < -0.39 is 5.97 Å². The van der Waals surface area contributed by atoms with E-state index in [-0.39, 0.29) is 18.8 Å². The zero-order chi connectivity index (χ0) is 17.4. The first-order valence-electron chi connectivity index (χ1n) is 7.98. The van der Waals surface area contributed by atoms with Gasteiger partial charge in [-0.15, -0.1) is 0 Å². The zero-order valence-electron chi connectivity index (χ0n) is 14.0. The van der Waals surface area contributed by atoms with Gasteiger partial charge in [0.25, 0.3) is 0 Å².